The molecule has 2 aromatic heterocycles. The van der Waals surface area contributed by atoms with Crippen LogP contribution in [0.25, 0.3) is 22.5 Å². The minimum Gasteiger partial charge on any atom is -0.450 e. The highest BCUT2D eigenvalue weighted by atomic mass is 32.2. The molecule has 3 aromatic carbocycles. The fraction of sp³-hybridized carbons (Fsp3) is 0.129. The third-order valence-corrected chi connectivity index (χ3v) is 7.19. The number of nitrogens with zero attached hydrogens (tertiary/aromatic N) is 2. The molecule has 1 aliphatic carbocycles. The maximum Gasteiger partial charge on any atom is 0.503 e. The van der Waals surface area contributed by atoms with Crippen LogP contribution in [0.1, 0.15) is 30.0 Å². The Kier molecular flexibility index (Phi) is 7.94. The lowest BCUT2D eigenvalue weighted by atomic mass is 10.0. The van der Waals surface area contributed by atoms with Crippen LogP contribution >= 0.6 is 11.8 Å². The Morgan fingerprint density at radius 3 is 2.10 bits per heavy atom. The van der Waals surface area contributed by atoms with Crippen molar-refractivity contribution in [3.05, 3.63) is 108 Å². The van der Waals surface area contributed by atoms with Crippen molar-refractivity contribution in [3.63, 3.8) is 0 Å². The molecule has 2 heterocycles. The van der Waals surface area contributed by atoms with Gasteiger partial charge in [-0.2, -0.15) is 0 Å². The molecule has 1 saturated carbocycles. The zero-order chi connectivity index (χ0) is 27.2. The molecule has 0 aliphatic heterocycles. The first-order chi connectivity index (χ1) is 19.0. The standard InChI is InChI=1S/C30H25N3OS.CH2O3/c1-20-29(32-27-8-5-9-28(31-27)35-26-6-3-2-4-7-26)30(34-33-20)25-18-16-24(17-19-25)23-14-12-22(13-15-23)21-10-11-21;2-1(3)4/h2-9,12-19,21H,10-11H2,1H3,(H,31,32);(H2,2,3,4). The summed E-state index contributed by atoms with van der Waals surface area (Å²) in [4.78, 5) is 14.5. The Morgan fingerprint density at radius 2 is 1.46 bits per heavy atom. The van der Waals surface area contributed by atoms with Gasteiger partial charge in [-0.1, -0.05) is 89.7 Å². The molecule has 39 heavy (non-hydrogen) atoms. The zero-order valence-corrected chi connectivity index (χ0v) is 22.1. The van der Waals surface area contributed by atoms with E-state index < -0.39 is 6.16 Å². The van der Waals surface area contributed by atoms with Crippen molar-refractivity contribution in [2.45, 2.75) is 35.6 Å². The van der Waals surface area contributed by atoms with Gasteiger partial charge < -0.3 is 20.1 Å². The molecule has 1 aliphatic rings. The molecule has 0 atom stereocenters. The van der Waals surface area contributed by atoms with Crippen molar-refractivity contribution in [1.82, 2.24) is 10.1 Å². The minimum atomic E-state index is -1.83. The number of carbonyl (C=O) groups is 1. The van der Waals surface area contributed by atoms with Crippen LogP contribution in [0.2, 0.25) is 0 Å². The number of hydrogen-bond acceptors (Lipinski definition) is 6. The number of pyridine rings is 1. The molecule has 0 saturated heterocycles. The van der Waals surface area contributed by atoms with Gasteiger partial charge in [0.2, 0.25) is 0 Å². The zero-order valence-electron chi connectivity index (χ0n) is 21.2. The van der Waals surface area contributed by atoms with E-state index in [2.05, 4.69) is 71.1 Å². The number of nitrogens with one attached hydrogen (secondary N) is 1. The summed E-state index contributed by atoms with van der Waals surface area (Å²) in [6.45, 7) is 1.94. The first-order valence-corrected chi connectivity index (χ1v) is 13.3. The quantitative estimate of drug-likeness (QED) is 0.189. The number of anilines is 2. The average Bonchev–Trinajstić information content (AvgIpc) is 3.73. The van der Waals surface area contributed by atoms with Gasteiger partial charge in [0, 0.05) is 10.5 Å². The van der Waals surface area contributed by atoms with Crippen molar-refractivity contribution in [3.8, 4) is 22.5 Å². The molecule has 0 radical (unpaired) electrons. The SMILES string of the molecule is Cc1noc(-c2ccc(-c3ccc(C4CC4)cc3)cc2)c1Nc1cccc(Sc2ccccc2)n1.O=C(O)O. The summed E-state index contributed by atoms with van der Waals surface area (Å²) in [5, 5.41) is 22.5. The van der Waals surface area contributed by atoms with Crippen LogP contribution in [0.5, 0.6) is 0 Å². The lowest BCUT2D eigenvalue weighted by Gasteiger charge is -2.09. The van der Waals surface area contributed by atoms with Crippen LogP contribution in [0.3, 0.4) is 0 Å². The molecule has 7 nitrogen and oxygen atoms in total. The van der Waals surface area contributed by atoms with E-state index in [1.807, 2.05) is 43.3 Å². The van der Waals surface area contributed by atoms with E-state index in [1.165, 1.54) is 29.5 Å². The Hall–Kier alpha value is -4.56. The van der Waals surface area contributed by atoms with E-state index >= 15 is 0 Å². The summed E-state index contributed by atoms with van der Waals surface area (Å²) in [7, 11) is 0. The van der Waals surface area contributed by atoms with Gasteiger partial charge in [-0.3, -0.25) is 0 Å². The van der Waals surface area contributed by atoms with Gasteiger partial charge in [0.05, 0.1) is 0 Å². The Bertz CT molecular complexity index is 1540. The summed E-state index contributed by atoms with van der Waals surface area (Å²) in [5.74, 6) is 2.24. The molecule has 0 amide bonds. The number of carboxylic acid groups (broad SMARTS) is 2. The van der Waals surface area contributed by atoms with Gasteiger partial charge in [0.1, 0.15) is 22.2 Å². The summed E-state index contributed by atoms with van der Waals surface area (Å²) in [6.07, 6.45) is 0.819. The second kappa shape index (κ2) is 11.9. The van der Waals surface area contributed by atoms with Crippen LogP contribution in [-0.2, 0) is 0 Å². The van der Waals surface area contributed by atoms with Gasteiger partial charge in [-0.25, -0.2) is 9.78 Å². The fourth-order valence-corrected chi connectivity index (χ4v) is 5.00. The third-order valence-electron chi connectivity index (χ3n) is 6.24. The predicted molar refractivity (Wildman–Crippen MR) is 153 cm³/mol. The highest BCUT2D eigenvalue weighted by Crippen LogP contribution is 2.40. The number of benzene rings is 3. The molecule has 6 rings (SSSR count). The maximum atomic E-state index is 8.56. The van der Waals surface area contributed by atoms with Crippen LogP contribution < -0.4 is 5.32 Å². The Balaban J connectivity index is 0.000000723. The van der Waals surface area contributed by atoms with E-state index in [0.29, 0.717) is 5.76 Å². The number of aromatic nitrogens is 2. The molecule has 1 fully saturated rings. The monoisotopic (exact) mass is 537 g/mol. The fourth-order valence-electron chi connectivity index (χ4n) is 4.17. The third kappa shape index (κ3) is 6.86. The van der Waals surface area contributed by atoms with E-state index in [4.69, 9.17) is 24.5 Å². The van der Waals surface area contributed by atoms with Crippen LogP contribution in [-0.4, -0.2) is 26.5 Å². The second-order valence-electron chi connectivity index (χ2n) is 9.13. The van der Waals surface area contributed by atoms with Gasteiger partial charge in [-0.05, 0) is 66.6 Å². The first kappa shape index (κ1) is 26.1. The minimum absolute atomic E-state index is 0.709. The Labute approximate surface area is 230 Å². The van der Waals surface area contributed by atoms with Crippen LogP contribution in [0.4, 0.5) is 16.3 Å². The normalized spacial score (nSPS) is 12.3. The van der Waals surface area contributed by atoms with Crippen LogP contribution in [0, 0.1) is 6.92 Å². The summed E-state index contributed by atoms with van der Waals surface area (Å²) < 4.78 is 5.73. The van der Waals surface area contributed by atoms with Crippen molar-refractivity contribution >= 4 is 29.4 Å². The van der Waals surface area contributed by atoms with Gasteiger partial charge in [0.25, 0.3) is 0 Å². The molecule has 5 aromatic rings. The van der Waals surface area contributed by atoms with Crippen LogP contribution in [0.15, 0.2) is 112 Å². The topological polar surface area (TPSA) is 108 Å². The lowest BCUT2D eigenvalue weighted by molar-refractivity contribution is 0.137. The van der Waals surface area contributed by atoms with E-state index in [9.17, 15) is 0 Å². The smallest absolute Gasteiger partial charge is 0.450 e. The van der Waals surface area contributed by atoms with E-state index in [-0.39, 0.29) is 0 Å². The summed E-state index contributed by atoms with van der Waals surface area (Å²) in [5.41, 5.74) is 6.47. The lowest BCUT2D eigenvalue weighted by Crippen LogP contribution is -1.96. The molecule has 0 spiro atoms. The van der Waals surface area contributed by atoms with Crippen molar-refractivity contribution in [2.75, 3.05) is 5.32 Å². The number of aryl methyl sites for hydroxylation is 1. The van der Waals surface area contributed by atoms with Gasteiger partial charge in [0.15, 0.2) is 5.76 Å². The predicted octanol–water partition coefficient (Wildman–Crippen LogP) is 8.71. The highest BCUT2D eigenvalue weighted by Gasteiger charge is 2.23. The first-order valence-electron chi connectivity index (χ1n) is 12.5. The summed E-state index contributed by atoms with van der Waals surface area (Å²) in [6, 6.07) is 33.7. The number of rotatable bonds is 7. The number of hydrogen-bond donors (Lipinski definition) is 3. The van der Waals surface area contributed by atoms with E-state index in [1.54, 1.807) is 11.8 Å². The highest BCUT2D eigenvalue weighted by molar-refractivity contribution is 7.99. The molecule has 0 unspecified atom stereocenters. The molecular weight excluding hydrogens is 510 g/mol. The molecule has 3 N–H and O–H groups in total. The average molecular weight is 538 g/mol. The molecule has 196 valence electrons. The van der Waals surface area contributed by atoms with Gasteiger partial charge >= 0.3 is 6.16 Å². The summed E-state index contributed by atoms with van der Waals surface area (Å²) >= 11 is 1.63. The molecule has 0 bridgehead atoms. The van der Waals surface area contributed by atoms with Crippen molar-refractivity contribution < 1.29 is 19.5 Å². The van der Waals surface area contributed by atoms with E-state index in [0.717, 1.165) is 38.6 Å². The largest absolute Gasteiger partial charge is 0.503 e. The maximum absolute atomic E-state index is 8.56. The Morgan fingerprint density at radius 1 is 0.846 bits per heavy atom. The van der Waals surface area contributed by atoms with Crippen molar-refractivity contribution in [2.24, 2.45) is 0 Å². The molecular formula is C31H27N3O4S. The van der Waals surface area contributed by atoms with Gasteiger partial charge in [-0.15, -0.1) is 0 Å². The van der Waals surface area contributed by atoms with Crippen molar-refractivity contribution in [1.29, 1.82) is 0 Å². The second-order valence-corrected chi connectivity index (χ2v) is 10.2. The molecule has 8 heteroatoms.